The van der Waals surface area contributed by atoms with Crippen molar-refractivity contribution in [3.8, 4) is 0 Å². The number of alkyl halides is 3. The summed E-state index contributed by atoms with van der Waals surface area (Å²) in [6.45, 7) is 2.37. The maximum atomic E-state index is 12.6. The lowest BCUT2D eigenvalue weighted by atomic mass is 10.1. The molecule has 4 rings (SSSR count). The summed E-state index contributed by atoms with van der Waals surface area (Å²) in [6, 6.07) is 9.38. The highest BCUT2D eigenvalue weighted by Crippen LogP contribution is 2.35. The number of carbonyl (C=O) groups is 2. The van der Waals surface area contributed by atoms with Gasteiger partial charge in [-0.3, -0.25) is 9.78 Å². The SMILES string of the molecule is O=C(O)C(F)(F)F.O=C(c1ccco1)N1CCOC2CC(COCc3ccccn3)CC21. The van der Waals surface area contributed by atoms with Crippen LogP contribution < -0.4 is 0 Å². The van der Waals surface area contributed by atoms with Crippen molar-refractivity contribution in [1.82, 2.24) is 9.88 Å². The summed E-state index contributed by atoms with van der Waals surface area (Å²) in [5.41, 5.74) is 0.934. The Morgan fingerprint density at radius 1 is 1.22 bits per heavy atom. The van der Waals surface area contributed by atoms with Crippen LogP contribution in [0.2, 0.25) is 0 Å². The van der Waals surface area contributed by atoms with E-state index in [2.05, 4.69) is 4.98 Å². The van der Waals surface area contributed by atoms with Gasteiger partial charge in [-0.05, 0) is 43.0 Å². The molecule has 11 heteroatoms. The number of carboxylic acids is 1. The number of aliphatic carboxylic acids is 1. The molecule has 0 spiro atoms. The van der Waals surface area contributed by atoms with E-state index in [1.165, 1.54) is 6.26 Å². The minimum absolute atomic E-state index is 0.0432. The number of rotatable bonds is 5. The molecular formula is C21H23F3N2O6. The number of furan rings is 1. The van der Waals surface area contributed by atoms with Gasteiger partial charge < -0.3 is 23.9 Å². The Labute approximate surface area is 181 Å². The minimum Gasteiger partial charge on any atom is -0.475 e. The minimum atomic E-state index is -5.08. The Bertz CT molecular complexity index is 875. The van der Waals surface area contributed by atoms with Crippen LogP contribution in [0.15, 0.2) is 47.2 Å². The normalized spacial score (nSPS) is 22.6. The molecule has 0 radical (unpaired) electrons. The highest BCUT2D eigenvalue weighted by molar-refractivity contribution is 5.91. The van der Waals surface area contributed by atoms with E-state index in [9.17, 15) is 18.0 Å². The maximum Gasteiger partial charge on any atom is 0.490 e. The van der Waals surface area contributed by atoms with Crippen molar-refractivity contribution < 1.29 is 41.8 Å². The monoisotopic (exact) mass is 456 g/mol. The number of hydrogen-bond acceptors (Lipinski definition) is 6. The van der Waals surface area contributed by atoms with Crippen LogP contribution in [0.25, 0.3) is 0 Å². The molecule has 1 N–H and O–H groups in total. The molecule has 3 unspecified atom stereocenters. The van der Waals surface area contributed by atoms with Crippen molar-refractivity contribution in [2.45, 2.75) is 37.8 Å². The van der Waals surface area contributed by atoms with Gasteiger partial charge in [-0.2, -0.15) is 13.2 Å². The molecule has 1 saturated carbocycles. The standard InChI is InChI=1S/C19H22N2O4.C2HF3O2/c22-19(17-5-3-8-24-17)21-7-9-25-18-11-14(10-16(18)21)12-23-13-15-4-1-2-6-20-15;3-2(4,5)1(6)7/h1-6,8,14,16,18H,7,9-13H2;(H,6,7). The summed E-state index contributed by atoms with van der Waals surface area (Å²) in [7, 11) is 0. The number of morpholine rings is 1. The van der Waals surface area contributed by atoms with Gasteiger partial charge in [-0.15, -0.1) is 0 Å². The van der Waals surface area contributed by atoms with Gasteiger partial charge in [0.2, 0.25) is 0 Å². The van der Waals surface area contributed by atoms with Gasteiger partial charge in [0, 0.05) is 12.7 Å². The third-order valence-electron chi connectivity index (χ3n) is 5.20. The van der Waals surface area contributed by atoms with Crippen LogP contribution >= 0.6 is 0 Å². The molecule has 8 nitrogen and oxygen atoms in total. The number of carboxylic acid groups (broad SMARTS) is 1. The van der Waals surface area contributed by atoms with Crippen molar-refractivity contribution in [2.24, 2.45) is 5.92 Å². The fourth-order valence-corrected chi connectivity index (χ4v) is 3.79. The van der Waals surface area contributed by atoms with Gasteiger partial charge in [0.25, 0.3) is 5.91 Å². The highest BCUT2D eigenvalue weighted by Gasteiger charge is 2.43. The van der Waals surface area contributed by atoms with Gasteiger partial charge in [0.05, 0.1) is 43.9 Å². The molecule has 0 bridgehead atoms. The number of halogens is 3. The fourth-order valence-electron chi connectivity index (χ4n) is 3.79. The number of fused-ring (bicyclic) bond motifs is 1. The molecule has 0 aromatic carbocycles. The lowest BCUT2D eigenvalue weighted by Gasteiger charge is -2.37. The molecule has 32 heavy (non-hydrogen) atoms. The zero-order valence-corrected chi connectivity index (χ0v) is 17.0. The second-order valence-electron chi connectivity index (χ2n) is 7.43. The molecule has 2 fully saturated rings. The Kier molecular flexibility index (Phi) is 7.86. The number of amides is 1. The van der Waals surface area contributed by atoms with Gasteiger partial charge in [0.15, 0.2) is 5.76 Å². The van der Waals surface area contributed by atoms with Crippen LogP contribution in [0, 0.1) is 5.92 Å². The predicted molar refractivity (Wildman–Crippen MR) is 104 cm³/mol. The second-order valence-corrected chi connectivity index (χ2v) is 7.43. The quantitative estimate of drug-likeness (QED) is 0.738. The van der Waals surface area contributed by atoms with Gasteiger partial charge in [-0.1, -0.05) is 6.07 Å². The van der Waals surface area contributed by atoms with E-state index in [-0.39, 0.29) is 18.1 Å². The van der Waals surface area contributed by atoms with E-state index < -0.39 is 12.1 Å². The first kappa shape index (κ1) is 23.7. The number of nitrogens with zero attached hydrogens (tertiary/aromatic N) is 2. The molecule has 1 saturated heterocycles. The van der Waals surface area contributed by atoms with Crippen molar-refractivity contribution in [1.29, 1.82) is 0 Å². The molecule has 3 heterocycles. The first-order valence-corrected chi connectivity index (χ1v) is 9.99. The zero-order valence-electron chi connectivity index (χ0n) is 17.0. The number of carbonyl (C=O) groups excluding carboxylic acids is 1. The summed E-state index contributed by atoms with van der Waals surface area (Å²) >= 11 is 0. The molecule has 1 amide bonds. The average molecular weight is 456 g/mol. The van der Waals surface area contributed by atoms with Crippen LogP contribution in [-0.4, -0.2) is 64.9 Å². The molecule has 2 aliphatic rings. The predicted octanol–water partition coefficient (Wildman–Crippen LogP) is 3.14. The molecule has 2 aromatic rings. The fraction of sp³-hybridized carbons (Fsp3) is 0.476. The molecule has 174 valence electrons. The topological polar surface area (TPSA) is 102 Å². The van der Waals surface area contributed by atoms with E-state index >= 15 is 0 Å². The number of pyridine rings is 1. The molecule has 1 aliphatic heterocycles. The Balaban J connectivity index is 0.000000360. The van der Waals surface area contributed by atoms with Crippen LogP contribution in [0.1, 0.15) is 29.1 Å². The number of ether oxygens (including phenoxy) is 2. The highest BCUT2D eigenvalue weighted by atomic mass is 19.4. The largest absolute Gasteiger partial charge is 0.490 e. The van der Waals surface area contributed by atoms with Gasteiger partial charge >= 0.3 is 12.1 Å². The van der Waals surface area contributed by atoms with Crippen LogP contribution in [0.5, 0.6) is 0 Å². The Morgan fingerprint density at radius 3 is 2.62 bits per heavy atom. The number of hydrogen-bond donors (Lipinski definition) is 1. The van der Waals surface area contributed by atoms with Gasteiger partial charge in [0.1, 0.15) is 0 Å². The summed E-state index contributed by atoms with van der Waals surface area (Å²) in [6.07, 6.45) is 0.146. The number of aromatic nitrogens is 1. The average Bonchev–Trinajstić information content (AvgIpc) is 3.43. The van der Waals surface area contributed by atoms with Crippen LogP contribution in [0.3, 0.4) is 0 Å². The van der Waals surface area contributed by atoms with Crippen molar-refractivity contribution in [3.63, 3.8) is 0 Å². The third kappa shape index (κ3) is 6.30. The lowest BCUT2D eigenvalue weighted by Crippen LogP contribution is -2.51. The first-order chi connectivity index (χ1) is 15.3. The second kappa shape index (κ2) is 10.6. The van der Waals surface area contributed by atoms with Crippen molar-refractivity contribution >= 4 is 11.9 Å². The van der Waals surface area contributed by atoms with E-state index in [4.69, 9.17) is 23.8 Å². The zero-order chi connectivity index (χ0) is 23.1. The van der Waals surface area contributed by atoms with Crippen LogP contribution in [0.4, 0.5) is 13.2 Å². The lowest BCUT2D eigenvalue weighted by molar-refractivity contribution is -0.192. The smallest absolute Gasteiger partial charge is 0.475 e. The Morgan fingerprint density at radius 2 is 2.00 bits per heavy atom. The molecule has 3 atom stereocenters. The molecular weight excluding hydrogens is 433 g/mol. The maximum absolute atomic E-state index is 12.6. The van der Waals surface area contributed by atoms with Crippen LogP contribution in [-0.2, 0) is 20.9 Å². The van der Waals surface area contributed by atoms with E-state index in [1.807, 2.05) is 23.1 Å². The summed E-state index contributed by atoms with van der Waals surface area (Å²) in [5, 5.41) is 7.12. The molecule has 2 aromatic heterocycles. The summed E-state index contributed by atoms with van der Waals surface area (Å²) < 4.78 is 48.7. The molecule has 1 aliphatic carbocycles. The van der Waals surface area contributed by atoms with Crippen molar-refractivity contribution in [2.75, 3.05) is 19.8 Å². The van der Waals surface area contributed by atoms with Gasteiger partial charge in [-0.25, -0.2) is 4.79 Å². The first-order valence-electron chi connectivity index (χ1n) is 9.99. The van der Waals surface area contributed by atoms with E-state index in [0.717, 1.165) is 18.5 Å². The van der Waals surface area contributed by atoms with E-state index in [0.29, 0.717) is 38.0 Å². The van der Waals surface area contributed by atoms with E-state index in [1.54, 1.807) is 18.3 Å². The summed E-state index contributed by atoms with van der Waals surface area (Å²) in [5.74, 6) is -2.01. The van der Waals surface area contributed by atoms with Crippen molar-refractivity contribution in [3.05, 3.63) is 54.2 Å². The Hall–Kier alpha value is -2.92. The third-order valence-corrected chi connectivity index (χ3v) is 5.20. The summed E-state index contributed by atoms with van der Waals surface area (Å²) in [4.78, 5) is 27.7.